The van der Waals surface area contributed by atoms with Gasteiger partial charge in [0.05, 0.1) is 10.8 Å². The van der Waals surface area contributed by atoms with Crippen LogP contribution < -0.4 is 10.6 Å². The molecule has 0 aromatic carbocycles. The predicted molar refractivity (Wildman–Crippen MR) is 68.8 cm³/mol. The molecule has 1 atom stereocenters. The molecule has 0 radical (unpaired) electrons. The Balaban J connectivity index is 2.39. The second-order valence-electron chi connectivity index (χ2n) is 4.92. The monoisotopic (exact) mass is 305 g/mol. The first kappa shape index (κ1) is 15.3. The van der Waals surface area contributed by atoms with Crippen molar-refractivity contribution >= 4 is 17.5 Å². The van der Waals surface area contributed by atoms with Crippen molar-refractivity contribution in [2.45, 2.75) is 25.9 Å². The second kappa shape index (κ2) is 5.34. The minimum absolute atomic E-state index is 0.00729. The Bertz CT molecular complexity index is 564. The van der Waals surface area contributed by atoms with E-state index >= 15 is 0 Å². The molecular weight excluding hydrogens is 291 g/mol. The standard InChI is InChI=1S/C11H14F3N5O2/c1-6-8(19(20)21)9(17-10(15)16-6)18-4-2-3-7(5-18)11(12,13)14/h7H,2-5H2,1H3,(H2,15,16,17). The van der Waals surface area contributed by atoms with Crippen LogP contribution in [0.3, 0.4) is 0 Å². The fourth-order valence-electron chi connectivity index (χ4n) is 2.44. The average Bonchev–Trinajstić information content (AvgIpc) is 2.36. The highest BCUT2D eigenvalue weighted by atomic mass is 19.4. The quantitative estimate of drug-likeness (QED) is 0.663. The molecule has 2 rings (SSSR count). The molecule has 0 saturated carbocycles. The van der Waals surface area contributed by atoms with Crippen LogP contribution >= 0.6 is 0 Å². The van der Waals surface area contributed by atoms with E-state index < -0.39 is 22.7 Å². The van der Waals surface area contributed by atoms with Crippen molar-refractivity contribution in [1.29, 1.82) is 0 Å². The third-order valence-corrected chi connectivity index (χ3v) is 3.42. The first-order valence-electron chi connectivity index (χ1n) is 6.30. The lowest BCUT2D eigenvalue weighted by atomic mass is 9.97. The molecule has 0 bridgehead atoms. The van der Waals surface area contributed by atoms with Crippen LogP contribution in [0.1, 0.15) is 18.5 Å². The number of aryl methyl sites for hydroxylation is 1. The third-order valence-electron chi connectivity index (χ3n) is 3.42. The maximum absolute atomic E-state index is 12.8. The average molecular weight is 305 g/mol. The zero-order valence-corrected chi connectivity index (χ0v) is 11.2. The van der Waals surface area contributed by atoms with Crippen LogP contribution in [-0.2, 0) is 0 Å². The predicted octanol–water partition coefficient (Wildman–Crippen LogP) is 2.05. The van der Waals surface area contributed by atoms with Crippen molar-refractivity contribution in [3.8, 4) is 0 Å². The van der Waals surface area contributed by atoms with Gasteiger partial charge in [-0.15, -0.1) is 0 Å². The molecule has 116 valence electrons. The zero-order valence-electron chi connectivity index (χ0n) is 11.2. The van der Waals surface area contributed by atoms with Gasteiger partial charge in [-0.1, -0.05) is 0 Å². The van der Waals surface area contributed by atoms with Gasteiger partial charge < -0.3 is 10.6 Å². The SMILES string of the molecule is Cc1nc(N)nc(N2CCCC(C(F)(F)F)C2)c1[N+](=O)[O-]. The van der Waals surface area contributed by atoms with Crippen LogP contribution in [0, 0.1) is 23.0 Å². The highest BCUT2D eigenvalue weighted by molar-refractivity contribution is 5.62. The number of piperidine rings is 1. The first-order chi connectivity index (χ1) is 9.70. The number of hydrogen-bond donors (Lipinski definition) is 1. The van der Waals surface area contributed by atoms with Crippen molar-refractivity contribution in [3.63, 3.8) is 0 Å². The Labute approximate surface area is 118 Å². The smallest absolute Gasteiger partial charge is 0.368 e. The molecule has 1 aromatic rings. The summed E-state index contributed by atoms with van der Waals surface area (Å²) in [7, 11) is 0. The molecule has 0 aliphatic carbocycles. The number of rotatable bonds is 2. The molecule has 1 unspecified atom stereocenters. The van der Waals surface area contributed by atoms with Crippen LogP contribution in [0.5, 0.6) is 0 Å². The number of nitrogen functional groups attached to an aromatic ring is 1. The molecule has 0 amide bonds. The van der Waals surface area contributed by atoms with Gasteiger partial charge in [0.15, 0.2) is 0 Å². The summed E-state index contributed by atoms with van der Waals surface area (Å²) in [6, 6.07) is 0. The molecule has 1 aliphatic rings. The number of hydrogen-bond acceptors (Lipinski definition) is 6. The van der Waals surface area contributed by atoms with Crippen molar-refractivity contribution in [1.82, 2.24) is 9.97 Å². The molecule has 1 saturated heterocycles. The maximum atomic E-state index is 12.8. The van der Waals surface area contributed by atoms with Crippen LogP contribution in [0.15, 0.2) is 0 Å². The van der Waals surface area contributed by atoms with E-state index in [0.717, 1.165) is 0 Å². The number of nitro groups is 1. The molecule has 2 heterocycles. The first-order valence-corrected chi connectivity index (χ1v) is 6.30. The summed E-state index contributed by atoms with van der Waals surface area (Å²) in [5, 5.41) is 11.1. The summed E-state index contributed by atoms with van der Waals surface area (Å²) in [6.45, 7) is 1.29. The number of alkyl halides is 3. The minimum atomic E-state index is -4.33. The second-order valence-corrected chi connectivity index (χ2v) is 4.92. The van der Waals surface area contributed by atoms with Crippen molar-refractivity contribution in [3.05, 3.63) is 15.8 Å². The summed E-state index contributed by atoms with van der Waals surface area (Å²) in [4.78, 5) is 19.2. The Hall–Kier alpha value is -2.13. The molecule has 10 heteroatoms. The number of anilines is 2. The van der Waals surface area contributed by atoms with Crippen molar-refractivity contribution < 1.29 is 18.1 Å². The Morgan fingerprint density at radius 3 is 2.67 bits per heavy atom. The number of aromatic nitrogens is 2. The van der Waals surface area contributed by atoms with Crippen LogP contribution in [0.2, 0.25) is 0 Å². The minimum Gasteiger partial charge on any atom is -0.368 e. The van der Waals surface area contributed by atoms with Crippen LogP contribution in [-0.4, -0.2) is 34.2 Å². The lowest BCUT2D eigenvalue weighted by Gasteiger charge is -2.34. The fraction of sp³-hybridized carbons (Fsp3) is 0.636. The van der Waals surface area contributed by atoms with E-state index in [1.165, 1.54) is 11.8 Å². The van der Waals surface area contributed by atoms with E-state index in [-0.39, 0.29) is 43.4 Å². The van der Waals surface area contributed by atoms with E-state index in [1.807, 2.05) is 0 Å². The van der Waals surface area contributed by atoms with E-state index in [9.17, 15) is 23.3 Å². The van der Waals surface area contributed by atoms with Gasteiger partial charge in [0.2, 0.25) is 11.8 Å². The summed E-state index contributed by atoms with van der Waals surface area (Å²) < 4.78 is 38.5. The van der Waals surface area contributed by atoms with Crippen LogP contribution in [0.25, 0.3) is 0 Å². The number of nitrogens with zero attached hydrogens (tertiary/aromatic N) is 4. The van der Waals surface area contributed by atoms with Gasteiger partial charge in [0.1, 0.15) is 5.69 Å². The Kier molecular flexibility index (Phi) is 3.88. The molecule has 1 aromatic heterocycles. The molecule has 1 aliphatic heterocycles. The van der Waals surface area contributed by atoms with E-state index in [0.29, 0.717) is 0 Å². The van der Waals surface area contributed by atoms with Crippen molar-refractivity contribution in [2.24, 2.45) is 5.92 Å². The Morgan fingerprint density at radius 2 is 2.10 bits per heavy atom. The molecule has 1 fully saturated rings. The van der Waals surface area contributed by atoms with E-state index in [1.54, 1.807) is 0 Å². The third kappa shape index (κ3) is 3.14. The number of nitrogens with two attached hydrogens (primary N) is 1. The van der Waals surface area contributed by atoms with Gasteiger partial charge in [-0.2, -0.15) is 18.2 Å². The summed E-state index contributed by atoms with van der Waals surface area (Å²) in [5.41, 5.74) is 5.10. The largest absolute Gasteiger partial charge is 0.393 e. The van der Waals surface area contributed by atoms with Gasteiger partial charge in [0, 0.05) is 13.1 Å². The van der Waals surface area contributed by atoms with E-state index in [4.69, 9.17) is 5.73 Å². The maximum Gasteiger partial charge on any atom is 0.393 e. The highest BCUT2D eigenvalue weighted by Crippen LogP contribution is 2.37. The van der Waals surface area contributed by atoms with Gasteiger partial charge in [0.25, 0.3) is 0 Å². The van der Waals surface area contributed by atoms with E-state index in [2.05, 4.69) is 9.97 Å². The van der Waals surface area contributed by atoms with Gasteiger partial charge in [-0.05, 0) is 19.8 Å². The topological polar surface area (TPSA) is 98.2 Å². The molecule has 21 heavy (non-hydrogen) atoms. The summed E-state index contributed by atoms with van der Waals surface area (Å²) in [6.07, 6.45) is -4.04. The lowest BCUT2D eigenvalue weighted by Crippen LogP contribution is -2.42. The number of halogens is 3. The van der Waals surface area contributed by atoms with Gasteiger partial charge in [-0.25, -0.2) is 4.98 Å². The van der Waals surface area contributed by atoms with Gasteiger partial charge >= 0.3 is 11.9 Å². The summed E-state index contributed by atoms with van der Waals surface area (Å²) >= 11 is 0. The molecule has 2 N–H and O–H groups in total. The zero-order chi connectivity index (χ0) is 15.8. The lowest BCUT2D eigenvalue weighted by molar-refractivity contribution is -0.385. The van der Waals surface area contributed by atoms with Gasteiger partial charge in [-0.3, -0.25) is 10.1 Å². The molecule has 0 spiro atoms. The van der Waals surface area contributed by atoms with Crippen LogP contribution in [0.4, 0.5) is 30.6 Å². The fourth-order valence-corrected chi connectivity index (χ4v) is 2.44. The molecular formula is C11H14F3N5O2. The van der Waals surface area contributed by atoms with Crippen molar-refractivity contribution in [2.75, 3.05) is 23.7 Å². The highest BCUT2D eigenvalue weighted by Gasteiger charge is 2.43. The summed E-state index contributed by atoms with van der Waals surface area (Å²) in [5.74, 6) is -1.86. The normalized spacial score (nSPS) is 19.6. The molecule has 7 nitrogen and oxygen atoms in total. The Morgan fingerprint density at radius 1 is 1.43 bits per heavy atom.